The van der Waals surface area contributed by atoms with Crippen molar-refractivity contribution in [3.05, 3.63) is 35.9 Å². The zero-order valence-corrected chi connectivity index (χ0v) is 10.3. The first-order valence-corrected chi connectivity index (χ1v) is 5.69. The van der Waals surface area contributed by atoms with Crippen molar-refractivity contribution in [2.45, 2.75) is 13.8 Å². The van der Waals surface area contributed by atoms with Gasteiger partial charge in [-0.05, 0) is 31.1 Å². The second-order valence-corrected chi connectivity index (χ2v) is 3.60. The summed E-state index contributed by atoms with van der Waals surface area (Å²) in [5, 5.41) is 0.360. The maximum Gasteiger partial charge on any atom is 0.276 e. The Bertz CT molecular complexity index is 372. The van der Waals surface area contributed by atoms with Gasteiger partial charge in [-0.3, -0.25) is 4.79 Å². The highest BCUT2D eigenvalue weighted by Gasteiger charge is 2.02. The van der Waals surface area contributed by atoms with Gasteiger partial charge in [-0.25, -0.2) is 4.99 Å². The topological polar surface area (TPSA) is 32.7 Å². The largest absolute Gasteiger partial charge is 0.742 e. The van der Waals surface area contributed by atoms with Crippen LogP contribution in [-0.4, -0.2) is 29.1 Å². The van der Waals surface area contributed by atoms with Crippen LogP contribution in [0.25, 0.3) is 0 Å². The van der Waals surface area contributed by atoms with Gasteiger partial charge in [0.15, 0.2) is 0 Å². The van der Waals surface area contributed by atoms with Crippen molar-refractivity contribution in [1.29, 1.82) is 0 Å². The third-order valence-electron chi connectivity index (χ3n) is 2.25. The van der Waals surface area contributed by atoms with Gasteiger partial charge < -0.3 is 17.5 Å². The molecule has 1 amide bonds. The molecule has 0 aliphatic heterocycles. The highest BCUT2D eigenvalue weighted by Crippen LogP contribution is 2.02. The van der Waals surface area contributed by atoms with Crippen LogP contribution in [0.15, 0.2) is 35.3 Å². The first kappa shape index (κ1) is 12.6. The molecule has 3 nitrogen and oxygen atoms in total. The van der Waals surface area contributed by atoms with E-state index in [0.29, 0.717) is 10.7 Å². The number of carbonyl (C=O) groups excluding carboxylic acids is 1. The van der Waals surface area contributed by atoms with E-state index in [1.165, 1.54) is 0 Å². The molecular weight excluding hydrogens is 220 g/mol. The van der Waals surface area contributed by atoms with Crippen molar-refractivity contribution in [3.63, 3.8) is 0 Å². The van der Waals surface area contributed by atoms with Crippen molar-refractivity contribution in [2.24, 2.45) is 4.99 Å². The first-order valence-electron chi connectivity index (χ1n) is 5.29. The molecule has 86 valence electrons. The fourth-order valence-corrected chi connectivity index (χ4v) is 1.64. The molecular formula is C12H15N2OS-. The van der Waals surface area contributed by atoms with Gasteiger partial charge in [-0.1, -0.05) is 18.2 Å². The lowest BCUT2D eigenvalue weighted by molar-refractivity contribution is 0.100. The maximum absolute atomic E-state index is 11.7. The number of carbonyl (C=O) groups is 1. The van der Waals surface area contributed by atoms with Crippen LogP contribution >= 0.6 is 0 Å². The highest BCUT2D eigenvalue weighted by atomic mass is 32.1. The lowest BCUT2D eigenvalue weighted by Crippen LogP contribution is -2.29. The summed E-state index contributed by atoms with van der Waals surface area (Å²) in [6.45, 7) is 5.50. The zero-order chi connectivity index (χ0) is 12.0. The molecule has 0 spiro atoms. The van der Waals surface area contributed by atoms with Crippen LogP contribution < -0.4 is 0 Å². The van der Waals surface area contributed by atoms with Crippen LogP contribution in [0, 0.1) is 0 Å². The van der Waals surface area contributed by atoms with E-state index in [9.17, 15) is 4.79 Å². The Hall–Kier alpha value is -1.42. The van der Waals surface area contributed by atoms with E-state index in [-0.39, 0.29) is 5.91 Å². The molecule has 0 saturated heterocycles. The van der Waals surface area contributed by atoms with Gasteiger partial charge in [0.2, 0.25) is 0 Å². The Morgan fingerprint density at radius 1 is 1.25 bits per heavy atom. The van der Waals surface area contributed by atoms with Crippen LogP contribution in [0.3, 0.4) is 0 Å². The first-order chi connectivity index (χ1) is 7.69. The van der Waals surface area contributed by atoms with Gasteiger partial charge in [-0.15, -0.1) is 0 Å². The van der Waals surface area contributed by atoms with Gasteiger partial charge >= 0.3 is 0 Å². The minimum Gasteiger partial charge on any atom is -0.742 e. The SMILES string of the molecule is CCN(CC)C([S-])=NC(=O)c1ccccc1. The van der Waals surface area contributed by atoms with Crippen LogP contribution in [0.4, 0.5) is 0 Å². The normalized spacial score (nSPS) is 11.2. The molecule has 0 unspecified atom stereocenters. The molecule has 0 fully saturated rings. The van der Waals surface area contributed by atoms with Gasteiger partial charge in [0, 0.05) is 18.7 Å². The number of benzene rings is 1. The summed E-state index contributed by atoms with van der Waals surface area (Å²) in [6, 6.07) is 8.94. The average Bonchev–Trinajstić information content (AvgIpc) is 2.31. The molecule has 1 rings (SSSR count). The predicted octanol–water partition coefficient (Wildman–Crippen LogP) is 2.07. The lowest BCUT2D eigenvalue weighted by atomic mass is 10.2. The minimum absolute atomic E-state index is 0.280. The summed E-state index contributed by atoms with van der Waals surface area (Å²) >= 11 is 5.09. The van der Waals surface area contributed by atoms with Crippen LogP contribution in [0.2, 0.25) is 0 Å². The molecule has 0 N–H and O–H groups in total. The van der Waals surface area contributed by atoms with E-state index in [2.05, 4.69) is 4.99 Å². The van der Waals surface area contributed by atoms with Crippen molar-refractivity contribution in [1.82, 2.24) is 4.90 Å². The molecule has 0 bridgehead atoms. The van der Waals surface area contributed by atoms with E-state index in [1.54, 1.807) is 12.1 Å². The summed E-state index contributed by atoms with van der Waals surface area (Å²) in [4.78, 5) is 17.5. The van der Waals surface area contributed by atoms with E-state index in [0.717, 1.165) is 13.1 Å². The number of amides is 1. The third kappa shape index (κ3) is 3.31. The molecule has 0 radical (unpaired) electrons. The van der Waals surface area contributed by atoms with Gasteiger partial charge in [0.05, 0.1) is 0 Å². The Balaban J connectivity index is 2.80. The number of amidine groups is 1. The fraction of sp³-hybridized carbons (Fsp3) is 0.333. The van der Waals surface area contributed by atoms with E-state index in [4.69, 9.17) is 12.6 Å². The molecule has 0 heterocycles. The second-order valence-electron chi connectivity index (χ2n) is 3.24. The summed E-state index contributed by atoms with van der Waals surface area (Å²) < 4.78 is 0. The number of hydrogen-bond donors (Lipinski definition) is 0. The molecule has 0 aliphatic carbocycles. The Kier molecular flexibility index (Phi) is 4.92. The monoisotopic (exact) mass is 235 g/mol. The van der Waals surface area contributed by atoms with Crippen molar-refractivity contribution in [2.75, 3.05) is 13.1 Å². The molecule has 16 heavy (non-hydrogen) atoms. The van der Waals surface area contributed by atoms with Crippen molar-refractivity contribution in [3.8, 4) is 0 Å². The maximum atomic E-state index is 11.7. The van der Waals surface area contributed by atoms with Gasteiger partial charge in [0.1, 0.15) is 0 Å². The van der Waals surface area contributed by atoms with Crippen LogP contribution in [0.5, 0.6) is 0 Å². The number of hydrogen-bond acceptors (Lipinski definition) is 2. The standard InChI is InChI=1S/C12H16N2OS/c1-3-14(4-2)12(16)13-11(15)10-8-6-5-7-9-10/h5-9H,3-4H2,1-2H3,(H,13,15,16)/p-1. The fourth-order valence-electron chi connectivity index (χ4n) is 1.30. The highest BCUT2D eigenvalue weighted by molar-refractivity contribution is 7.77. The van der Waals surface area contributed by atoms with Crippen molar-refractivity contribution >= 4 is 23.7 Å². The zero-order valence-electron chi connectivity index (χ0n) is 9.51. The predicted molar refractivity (Wildman–Crippen MR) is 68.5 cm³/mol. The van der Waals surface area contributed by atoms with Crippen molar-refractivity contribution < 1.29 is 4.79 Å². The summed E-state index contributed by atoms with van der Waals surface area (Å²) in [6.07, 6.45) is 0. The lowest BCUT2D eigenvalue weighted by Gasteiger charge is -2.27. The molecule has 0 atom stereocenters. The Morgan fingerprint density at radius 3 is 2.31 bits per heavy atom. The van der Waals surface area contributed by atoms with E-state index in [1.807, 2.05) is 36.9 Å². The summed E-state index contributed by atoms with van der Waals surface area (Å²) in [5.41, 5.74) is 0.567. The van der Waals surface area contributed by atoms with E-state index >= 15 is 0 Å². The second kappa shape index (κ2) is 6.23. The smallest absolute Gasteiger partial charge is 0.276 e. The molecule has 0 aliphatic rings. The van der Waals surface area contributed by atoms with Crippen LogP contribution in [-0.2, 0) is 12.6 Å². The Labute approximate surface area is 102 Å². The molecule has 4 heteroatoms. The number of aliphatic imine (C=N–C) groups is 1. The number of rotatable bonds is 3. The van der Waals surface area contributed by atoms with Crippen LogP contribution in [0.1, 0.15) is 24.2 Å². The third-order valence-corrected chi connectivity index (χ3v) is 2.60. The number of nitrogens with zero attached hydrogens (tertiary/aromatic N) is 2. The van der Waals surface area contributed by atoms with Gasteiger partial charge in [0.25, 0.3) is 5.91 Å². The Morgan fingerprint density at radius 2 is 1.81 bits per heavy atom. The minimum atomic E-state index is -0.280. The summed E-state index contributed by atoms with van der Waals surface area (Å²) in [5.74, 6) is -0.280. The molecule has 1 aromatic carbocycles. The van der Waals surface area contributed by atoms with Gasteiger partial charge in [-0.2, -0.15) is 0 Å². The molecule has 0 aromatic heterocycles. The molecule has 1 aromatic rings. The quantitative estimate of drug-likeness (QED) is 0.457. The van der Waals surface area contributed by atoms with E-state index < -0.39 is 0 Å². The average molecular weight is 235 g/mol. The molecule has 0 saturated carbocycles. The summed E-state index contributed by atoms with van der Waals surface area (Å²) in [7, 11) is 0.